The molecule has 0 aliphatic rings. The third kappa shape index (κ3) is 2.96. The van der Waals surface area contributed by atoms with Gasteiger partial charge in [-0.15, -0.1) is 0 Å². The molecule has 2 rings (SSSR count). The Kier molecular flexibility index (Phi) is 4.65. The van der Waals surface area contributed by atoms with Crippen molar-refractivity contribution in [2.24, 2.45) is 5.84 Å². The zero-order chi connectivity index (χ0) is 14.7. The number of benzene rings is 2. The summed E-state index contributed by atoms with van der Waals surface area (Å²) < 4.78 is 5.43. The Hall–Kier alpha value is -1.55. The number of nitrogens with one attached hydrogen (secondary N) is 1. The highest BCUT2D eigenvalue weighted by molar-refractivity contribution is 6.31. The molecule has 0 spiro atoms. The standard InChI is InChI=1S/C16H19ClN2O/c1-10-5-7-15(20-3)13(8-10)16(19-18)12-6-4-11(2)9-14(12)17/h4-9,16,19H,18H2,1-3H3. The van der Waals surface area contributed by atoms with Gasteiger partial charge in [0.25, 0.3) is 0 Å². The Balaban J connectivity index is 2.54. The number of hydrazine groups is 1. The molecule has 106 valence electrons. The lowest BCUT2D eigenvalue weighted by Crippen LogP contribution is -2.29. The first-order chi connectivity index (χ1) is 9.56. The van der Waals surface area contributed by atoms with Gasteiger partial charge in [0.2, 0.25) is 0 Å². The van der Waals surface area contributed by atoms with E-state index < -0.39 is 0 Å². The Labute approximate surface area is 124 Å². The topological polar surface area (TPSA) is 47.3 Å². The minimum atomic E-state index is -0.210. The van der Waals surface area contributed by atoms with E-state index in [0.29, 0.717) is 5.02 Å². The van der Waals surface area contributed by atoms with Gasteiger partial charge in [-0.25, -0.2) is 5.43 Å². The van der Waals surface area contributed by atoms with E-state index in [1.807, 2.05) is 44.2 Å². The van der Waals surface area contributed by atoms with E-state index >= 15 is 0 Å². The Morgan fingerprint density at radius 2 is 1.70 bits per heavy atom. The number of nitrogens with two attached hydrogens (primary N) is 1. The van der Waals surface area contributed by atoms with Crippen LogP contribution < -0.4 is 16.0 Å². The Bertz CT molecular complexity index is 613. The fraction of sp³-hybridized carbons (Fsp3) is 0.250. The van der Waals surface area contributed by atoms with Crippen LogP contribution in [0.5, 0.6) is 5.75 Å². The zero-order valence-corrected chi connectivity index (χ0v) is 12.7. The number of hydrogen-bond acceptors (Lipinski definition) is 3. The van der Waals surface area contributed by atoms with E-state index in [4.69, 9.17) is 22.2 Å². The smallest absolute Gasteiger partial charge is 0.124 e. The number of ether oxygens (including phenoxy) is 1. The summed E-state index contributed by atoms with van der Waals surface area (Å²) in [6.07, 6.45) is 0. The molecule has 3 N–H and O–H groups in total. The van der Waals surface area contributed by atoms with Gasteiger partial charge in [-0.05, 0) is 37.1 Å². The molecule has 20 heavy (non-hydrogen) atoms. The van der Waals surface area contributed by atoms with Crippen LogP contribution in [0.4, 0.5) is 0 Å². The van der Waals surface area contributed by atoms with Crippen molar-refractivity contribution in [3.8, 4) is 5.75 Å². The minimum Gasteiger partial charge on any atom is -0.496 e. The highest BCUT2D eigenvalue weighted by Crippen LogP contribution is 2.34. The van der Waals surface area contributed by atoms with Crippen molar-refractivity contribution in [2.75, 3.05) is 7.11 Å². The monoisotopic (exact) mass is 290 g/mol. The molecule has 0 heterocycles. The van der Waals surface area contributed by atoms with Gasteiger partial charge in [-0.1, -0.05) is 41.4 Å². The van der Waals surface area contributed by atoms with E-state index in [0.717, 1.165) is 28.0 Å². The lowest BCUT2D eigenvalue weighted by atomic mass is 9.96. The Morgan fingerprint density at radius 3 is 2.30 bits per heavy atom. The molecular weight excluding hydrogens is 272 g/mol. The maximum absolute atomic E-state index is 6.35. The summed E-state index contributed by atoms with van der Waals surface area (Å²) in [6.45, 7) is 4.04. The second-order valence-electron chi connectivity index (χ2n) is 4.87. The van der Waals surface area contributed by atoms with Crippen molar-refractivity contribution < 1.29 is 4.74 Å². The van der Waals surface area contributed by atoms with Crippen molar-refractivity contribution in [3.05, 3.63) is 63.7 Å². The summed E-state index contributed by atoms with van der Waals surface area (Å²) in [5.74, 6) is 6.54. The van der Waals surface area contributed by atoms with Gasteiger partial charge in [0, 0.05) is 10.6 Å². The summed E-state index contributed by atoms with van der Waals surface area (Å²) >= 11 is 6.35. The van der Waals surface area contributed by atoms with Crippen LogP contribution in [0.15, 0.2) is 36.4 Å². The molecule has 4 heteroatoms. The van der Waals surface area contributed by atoms with Gasteiger partial charge in [0.05, 0.1) is 13.2 Å². The lowest BCUT2D eigenvalue weighted by Gasteiger charge is -2.21. The van der Waals surface area contributed by atoms with Crippen molar-refractivity contribution in [1.82, 2.24) is 5.43 Å². The van der Waals surface area contributed by atoms with E-state index in [-0.39, 0.29) is 6.04 Å². The maximum Gasteiger partial charge on any atom is 0.124 e. The van der Waals surface area contributed by atoms with Crippen molar-refractivity contribution in [1.29, 1.82) is 0 Å². The molecule has 0 bridgehead atoms. The van der Waals surface area contributed by atoms with Gasteiger partial charge in [-0.3, -0.25) is 5.84 Å². The average Bonchev–Trinajstić information content (AvgIpc) is 2.42. The minimum absolute atomic E-state index is 0.210. The Morgan fingerprint density at radius 1 is 1.05 bits per heavy atom. The van der Waals surface area contributed by atoms with Gasteiger partial charge in [-0.2, -0.15) is 0 Å². The number of rotatable bonds is 4. The van der Waals surface area contributed by atoms with Gasteiger partial charge in [0.1, 0.15) is 5.75 Å². The highest BCUT2D eigenvalue weighted by Gasteiger charge is 2.19. The number of methoxy groups -OCH3 is 1. The normalized spacial score (nSPS) is 12.2. The molecule has 0 aliphatic heterocycles. The van der Waals surface area contributed by atoms with Crippen LogP contribution in [0.3, 0.4) is 0 Å². The SMILES string of the molecule is COc1ccc(C)cc1C(NN)c1ccc(C)cc1Cl. The van der Waals surface area contributed by atoms with E-state index in [1.54, 1.807) is 7.11 Å². The summed E-state index contributed by atoms with van der Waals surface area (Å²) in [5.41, 5.74) is 7.00. The first-order valence-electron chi connectivity index (χ1n) is 6.43. The molecule has 3 nitrogen and oxygen atoms in total. The molecule has 1 atom stereocenters. The summed E-state index contributed by atoms with van der Waals surface area (Å²) in [4.78, 5) is 0. The third-order valence-corrected chi connectivity index (χ3v) is 3.66. The first kappa shape index (κ1) is 14.9. The van der Waals surface area contributed by atoms with Crippen molar-refractivity contribution in [3.63, 3.8) is 0 Å². The molecule has 0 aliphatic carbocycles. The van der Waals surface area contributed by atoms with Crippen LogP contribution in [-0.2, 0) is 0 Å². The second kappa shape index (κ2) is 6.27. The predicted octanol–water partition coefficient (Wildman–Crippen LogP) is 3.52. The quantitative estimate of drug-likeness (QED) is 0.669. The molecule has 1 unspecified atom stereocenters. The highest BCUT2D eigenvalue weighted by atomic mass is 35.5. The number of halogens is 1. The van der Waals surface area contributed by atoms with Crippen LogP contribution in [0.25, 0.3) is 0 Å². The van der Waals surface area contributed by atoms with E-state index in [9.17, 15) is 0 Å². The molecule has 2 aromatic carbocycles. The van der Waals surface area contributed by atoms with E-state index in [1.165, 1.54) is 0 Å². The summed E-state index contributed by atoms with van der Waals surface area (Å²) in [5, 5.41) is 0.691. The molecule has 2 aromatic rings. The second-order valence-corrected chi connectivity index (χ2v) is 5.28. The van der Waals surface area contributed by atoms with Gasteiger partial charge in [0.15, 0.2) is 0 Å². The summed E-state index contributed by atoms with van der Waals surface area (Å²) in [7, 11) is 1.65. The van der Waals surface area contributed by atoms with Crippen LogP contribution in [0.1, 0.15) is 28.3 Å². The largest absolute Gasteiger partial charge is 0.496 e. The van der Waals surface area contributed by atoms with Crippen molar-refractivity contribution >= 4 is 11.6 Å². The van der Waals surface area contributed by atoms with Crippen molar-refractivity contribution in [2.45, 2.75) is 19.9 Å². The molecule has 0 radical (unpaired) electrons. The first-order valence-corrected chi connectivity index (χ1v) is 6.81. The molecular formula is C16H19ClN2O. The zero-order valence-electron chi connectivity index (χ0n) is 11.9. The molecule has 0 amide bonds. The third-order valence-electron chi connectivity index (χ3n) is 3.33. The van der Waals surface area contributed by atoms with Gasteiger partial charge >= 0.3 is 0 Å². The van der Waals surface area contributed by atoms with Crippen LogP contribution in [-0.4, -0.2) is 7.11 Å². The summed E-state index contributed by atoms with van der Waals surface area (Å²) in [6, 6.07) is 11.7. The fourth-order valence-corrected chi connectivity index (χ4v) is 2.64. The maximum atomic E-state index is 6.35. The molecule has 0 aromatic heterocycles. The predicted molar refractivity (Wildman–Crippen MR) is 83.1 cm³/mol. The lowest BCUT2D eigenvalue weighted by molar-refractivity contribution is 0.404. The van der Waals surface area contributed by atoms with Crippen LogP contribution in [0.2, 0.25) is 5.02 Å². The molecule has 0 saturated heterocycles. The fourth-order valence-electron chi connectivity index (χ4n) is 2.29. The van der Waals surface area contributed by atoms with Crippen LogP contribution >= 0.6 is 11.6 Å². The number of aryl methyl sites for hydroxylation is 2. The van der Waals surface area contributed by atoms with E-state index in [2.05, 4.69) is 11.5 Å². The number of hydrogen-bond donors (Lipinski definition) is 2. The van der Waals surface area contributed by atoms with Crippen LogP contribution in [0, 0.1) is 13.8 Å². The molecule has 0 saturated carbocycles. The van der Waals surface area contributed by atoms with Gasteiger partial charge < -0.3 is 4.74 Å². The molecule has 0 fully saturated rings. The average molecular weight is 291 g/mol.